The molecule has 0 amide bonds. The third-order valence-electron chi connectivity index (χ3n) is 4.34. The van der Waals surface area contributed by atoms with Crippen molar-refractivity contribution in [1.29, 1.82) is 0 Å². The van der Waals surface area contributed by atoms with Crippen molar-refractivity contribution in [3.05, 3.63) is 70.2 Å². The van der Waals surface area contributed by atoms with Crippen LogP contribution in [0, 0.1) is 6.92 Å². The van der Waals surface area contributed by atoms with E-state index in [0.717, 1.165) is 11.1 Å². The van der Waals surface area contributed by atoms with Gasteiger partial charge in [-0.1, -0.05) is 29.8 Å². The molecule has 3 aromatic rings. The number of thiazole rings is 1. The summed E-state index contributed by atoms with van der Waals surface area (Å²) in [5.41, 5.74) is 6.71. The Labute approximate surface area is 192 Å². The number of ether oxygens (including phenoxy) is 3. The van der Waals surface area contributed by atoms with Gasteiger partial charge in [-0.3, -0.25) is 10.2 Å². The molecule has 0 fully saturated rings. The Hall–Kier alpha value is -3.39. The minimum atomic E-state index is -0.291. The number of anilines is 1. The number of hydrazone groups is 1. The summed E-state index contributed by atoms with van der Waals surface area (Å²) in [6, 6.07) is 13.9. The van der Waals surface area contributed by atoms with Crippen LogP contribution in [0.15, 0.2) is 52.9 Å². The average molecular weight is 454 g/mol. The highest BCUT2D eigenvalue weighted by atomic mass is 32.1. The van der Waals surface area contributed by atoms with E-state index >= 15 is 0 Å². The van der Waals surface area contributed by atoms with Gasteiger partial charge in [0.1, 0.15) is 6.61 Å². The predicted octanol–water partition coefficient (Wildman–Crippen LogP) is 4.98. The maximum atomic E-state index is 11.5. The van der Waals surface area contributed by atoms with Crippen LogP contribution < -0.4 is 14.9 Å². The van der Waals surface area contributed by atoms with E-state index in [1.807, 2.05) is 30.5 Å². The van der Waals surface area contributed by atoms with Crippen LogP contribution in [-0.4, -0.2) is 30.4 Å². The smallest absolute Gasteiger partial charge is 0.311 e. The van der Waals surface area contributed by atoms with Crippen LogP contribution in [0.2, 0.25) is 0 Å². The Bertz CT molecular complexity index is 1050. The van der Waals surface area contributed by atoms with Crippen LogP contribution in [0.25, 0.3) is 0 Å². The molecule has 0 radical (unpaired) electrons. The summed E-state index contributed by atoms with van der Waals surface area (Å²) in [5.74, 6) is 1.05. The SMILES string of the molecule is CCOC(=O)Cc1csc(NN=Cc2ccc(OCc3ccc(C)cc3)c(OCC)c2)n1. The van der Waals surface area contributed by atoms with Gasteiger partial charge in [-0.2, -0.15) is 5.10 Å². The number of rotatable bonds is 11. The topological polar surface area (TPSA) is 82.0 Å². The number of hydrogen-bond acceptors (Lipinski definition) is 8. The van der Waals surface area contributed by atoms with E-state index in [1.54, 1.807) is 13.1 Å². The maximum absolute atomic E-state index is 11.5. The normalized spacial score (nSPS) is 10.8. The lowest BCUT2D eigenvalue weighted by Gasteiger charge is -2.12. The zero-order chi connectivity index (χ0) is 22.8. The largest absolute Gasteiger partial charge is 0.490 e. The van der Waals surface area contributed by atoms with E-state index in [1.165, 1.54) is 16.9 Å². The Morgan fingerprint density at radius 2 is 1.91 bits per heavy atom. The molecule has 0 aliphatic rings. The summed E-state index contributed by atoms with van der Waals surface area (Å²) in [6.45, 7) is 7.13. The molecule has 1 N–H and O–H groups in total. The number of esters is 1. The van der Waals surface area contributed by atoms with E-state index in [0.29, 0.717) is 42.1 Å². The number of nitrogens with zero attached hydrogens (tertiary/aromatic N) is 2. The average Bonchev–Trinajstić information content (AvgIpc) is 3.21. The first-order valence-electron chi connectivity index (χ1n) is 10.4. The molecule has 0 spiro atoms. The van der Waals surface area contributed by atoms with Crippen LogP contribution in [0.1, 0.15) is 36.2 Å². The van der Waals surface area contributed by atoms with Crippen LogP contribution in [-0.2, 0) is 22.6 Å². The lowest BCUT2D eigenvalue weighted by molar-refractivity contribution is -0.142. The van der Waals surface area contributed by atoms with E-state index in [-0.39, 0.29) is 12.4 Å². The van der Waals surface area contributed by atoms with Crippen molar-refractivity contribution in [3.8, 4) is 11.5 Å². The van der Waals surface area contributed by atoms with Gasteiger partial charge in [-0.05, 0) is 50.1 Å². The molecule has 8 heteroatoms. The van der Waals surface area contributed by atoms with Gasteiger partial charge in [0.25, 0.3) is 0 Å². The molecule has 0 atom stereocenters. The summed E-state index contributed by atoms with van der Waals surface area (Å²) in [5, 5.41) is 6.64. The molecule has 1 heterocycles. The van der Waals surface area contributed by atoms with Gasteiger partial charge in [-0.15, -0.1) is 11.3 Å². The molecule has 2 aromatic carbocycles. The lowest BCUT2D eigenvalue weighted by Crippen LogP contribution is -2.07. The predicted molar refractivity (Wildman–Crippen MR) is 127 cm³/mol. The molecule has 0 saturated heterocycles. The van der Waals surface area contributed by atoms with Gasteiger partial charge < -0.3 is 14.2 Å². The van der Waals surface area contributed by atoms with E-state index < -0.39 is 0 Å². The number of nitrogens with one attached hydrogen (secondary N) is 1. The fraction of sp³-hybridized carbons (Fsp3) is 0.292. The lowest BCUT2D eigenvalue weighted by atomic mass is 10.2. The first-order chi connectivity index (χ1) is 15.6. The molecule has 0 aliphatic carbocycles. The first-order valence-corrected chi connectivity index (χ1v) is 11.3. The summed E-state index contributed by atoms with van der Waals surface area (Å²) >= 11 is 1.38. The Morgan fingerprint density at radius 3 is 2.66 bits per heavy atom. The van der Waals surface area contributed by atoms with E-state index in [2.05, 4.69) is 46.7 Å². The monoisotopic (exact) mass is 453 g/mol. The molecule has 0 aliphatic heterocycles. The standard InChI is InChI=1S/C24H27N3O4S/c1-4-29-22-12-19(10-11-21(22)31-15-18-8-6-17(3)7-9-18)14-25-27-24-26-20(16-32-24)13-23(28)30-5-2/h6-12,14,16H,4-5,13,15H2,1-3H3,(H,26,27). The van der Waals surface area contributed by atoms with E-state index in [4.69, 9.17) is 14.2 Å². The molecular formula is C24H27N3O4S. The van der Waals surface area contributed by atoms with Crippen molar-refractivity contribution in [2.45, 2.75) is 33.8 Å². The van der Waals surface area contributed by atoms with Crippen LogP contribution in [0.5, 0.6) is 11.5 Å². The maximum Gasteiger partial charge on any atom is 0.311 e. The number of hydrogen-bond donors (Lipinski definition) is 1. The fourth-order valence-electron chi connectivity index (χ4n) is 2.80. The molecule has 3 rings (SSSR count). The van der Waals surface area contributed by atoms with Crippen molar-refractivity contribution in [3.63, 3.8) is 0 Å². The Kier molecular flexibility index (Phi) is 8.62. The summed E-state index contributed by atoms with van der Waals surface area (Å²) in [6.07, 6.45) is 1.83. The minimum Gasteiger partial charge on any atom is -0.490 e. The van der Waals surface area contributed by atoms with Crippen LogP contribution in [0.4, 0.5) is 5.13 Å². The van der Waals surface area contributed by atoms with Crippen molar-refractivity contribution in [2.75, 3.05) is 18.6 Å². The van der Waals surface area contributed by atoms with Crippen molar-refractivity contribution < 1.29 is 19.0 Å². The second-order valence-corrected chi connectivity index (χ2v) is 7.77. The Morgan fingerprint density at radius 1 is 1.09 bits per heavy atom. The van der Waals surface area contributed by atoms with Crippen molar-refractivity contribution >= 4 is 28.7 Å². The minimum absolute atomic E-state index is 0.150. The highest BCUT2D eigenvalue weighted by Crippen LogP contribution is 2.29. The third-order valence-corrected chi connectivity index (χ3v) is 5.13. The zero-order valence-electron chi connectivity index (χ0n) is 18.5. The molecule has 0 bridgehead atoms. The Balaban J connectivity index is 1.59. The number of carbonyl (C=O) groups is 1. The molecule has 7 nitrogen and oxygen atoms in total. The van der Waals surface area contributed by atoms with Gasteiger partial charge >= 0.3 is 5.97 Å². The second-order valence-electron chi connectivity index (χ2n) is 6.91. The van der Waals surface area contributed by atoms with Gasteiger partial charge in [0.15, 0.2) is 11.5 Å². The molecule has 0 unspecified atom stereocenters. The zero-order valence-corrected chi connectivity index (χ0v) is 19.3. The van der Waals surface area contributed by atoms with Gasteiger partial charge in [-0.25, -0.2) is 4.98 Å². The van der Waals surface area contributed by atoms with Crippen LogP contribution >= 0.6 is 11.3 Å². The number of aryl methyl sites for hydroxylation is 1. The molecule has 168 valence electrons. The molecular weight excluding hydrogens is 426 g/mol. The summed E-state index contributed by atoms with van der Waals surface area (Å²) in [4.78, 5) is 15.9. The molecule has 32 heavy (non-hydrogen) atoms. The second kappa shape index (κ2) is 11.9. The highest BCUT2D eigenvalue weighted by Gasteiger charge is 2.09. The fourth-order valence-corrected chi connectivity index (χ4v) is 3.46. The van der Waals surface area contributed by atoms with Crippen molar-refractivity contribution in [1.82, 2.24) is 4.98 Å². The van der Waals surface area contributed by atoms with Gasteiger partial charge in [0.05, 0.1) is 31.5 Å². The van der Waals surface area contributed by atoms with Gasteiger partial charge in [0, 0.05) is 5.38 Å². The number of carbonyl (C=O) groups excluding carboxylic acids is 1. The van der Waals surface area contributed by atoms with E-state index in [9.17, 15) is 4.79 Å². The number of aromatic nitrogens is 1. The summed E-state index contributed by atoms with van der Waals surface area (Å²) in [7, 11) is 0. The highest BCUT2D eigenvalue weighted by molar-refractivity contribution is 7.13. The molecule has 1 aromatic heterocycles. The van der Waals surface area contributed by atoms with Crippen molar-refractivity contribution in [2.24, 2.45) is 5.10 Å². The van der Waals surface area contributed by atoms with Crippen LogP contribution in [0.3, 0.4) is 0 Å². The number of benzene rings is 2. The quantitative estimate of drug-likeness (QED) is 0.250. The van der Waals surface area contributed by atoms with Gasteiger partial charge in [0.2, 0.25) is 5.13 Å². The first kappa shape index (κ1) is 23.3. The molecule has 0 saturated carbocycles. The third kappa shape index (κ3) is 7.09. The summed E-state index contributed by atoms with van der Waals surface area (Å²) < 4.78 is 16.6.